The van der Waals surface area contributed by atoms with Gasteiger partial charge in [-0.3, -0.25) is 9.69 Å². The first-order chi connectivity index (χ1) is 19.0. The van der Waals surface area contributed by atoms with Gasteiger partial charge in [0.15, 0.2) is 0 Å². The third kappa shape index (κ3) is 5.70. The summed E-state index contributed by atoms with van der Waals surface area (Å²) in [4.78, 5) is 22.0. The molecule has 0 bridgehead atoms. The number of carbonyl (C=O) groups is 1. The van der Waals surface area contributed by atoms with Crippen LogP contribution in [0.25, 0.3) is 0 Å². The van der Waals surface area contributed by atoms with Gasteiger partial charge in [-0.15, -0.1) is 0 Å². The van der Waals surface area contributed by atoms with Crippen LogP contribution in [0, 0.1) is 11.6 Å². The Bertz CT molecular complexity index is 1280. The van der Waals surface area contributed by atoms with E-state index < -0.39 is 0 Å². The quantitative estimate of drug-likeness (QED) is 0.409. The van der Waals surface area contributed by atoms with Gasteiger partial charge in [0.1, 0.15) is 11.6 Å². The summed E-state index contributed by atoms with van der Waals surface area (Å²) < 4.78 is 27.9. The summed E-state index contributed by atoms with van der Waals surface area (Å²) in [5.41, 5.74) is 4.30. The van der Waals surface area contributed by atoms with Crippen LogP contribution in [0.1, 0.15) is 36.3 Å². The molecule has 39 heavy (non-hydrogen) atoms. The molecule has 1 amide bonds. The zero-order valence-electron chi connectivity index (χ0n) is 22.3. The number of rotatable bonds is 7. The predicted octanol–water partition coefficient (Wildman–Crippen LogP) is 5.40. The van der Waals surface area contributed by atoms with E-state index in [1.165, 1.54) is 23.8 Å². The summed E-state index contributed by atoms with van der Waals surface area (Å²) >= 11 is 0. The first kappa shape index (κ1) is 26.0. The Labute approximate surface area is 229 Å². The van der Waals surface area contributed by atoms with Crippen LogP contribution in [0.15, 0.2) is 72.8 Å². The molecule has 7 heteroatoms. The predicted molar refractivity (Wildman–Crippen MR) is 150 cm³/mol. The molecule has 3 aromatic carbocycles. The van der Waals surface area contributed by atoms with Crippen LogP contribution in [0.3, 0.4) is 0 Å². The summed E-state index contributed by atoms with van der Waals surface area (Å²) in [7, 11) is 0. The van der Waals surface area contributed by atoms with Gasteiger partial charge in [-0.1, -0.05) is 30.3 Å². The molecular formula is C32H36F2N4O. The van der Waals surface area contributed by atoms with Crippen LogP contribution in [-0.2, 0) is 11.3 Å². The van der Waals surface area contributed by atoms with Crippen molar-refractivity contribution in [3.63, 3.8) is 0 Å². The molecule has 0 N–H and O–H groups in total. The first-order valence-corrected chi connectivity index (χ1v) is 14.2. The lowest BCUT2D eigenvalue weighted by Gasteiger charge is -2.39. The van der Waals surface area contributed by atoms with Crippen molar-refractivity contribution in [1.29, 1.82) is 0 Å². The number of piperidine rings is 1. The van der Waals surface area contributed by atoms with E-state index in [0.717, 1.165) is 82.1 Å². The largest absolute Gasteiger partial charge is 0.340 e. The van der Waals surface area contributed by atoms with E-state index in [1.54, 1.807) is 6.07 Å². The Hall–Kier alpha value is -3.29. The molecule has 0 spiro atoms. The average molecular weight is 531 g/mol. The van der Waals surface area contributed by atoms with Gasteiger partial charge in [-0.2, -0.15) is 0 Å². The van der Waals surface area contributed by atoms with Gasteiger partial charge in [0.25, 0.3) is 0 Å². The molecule has 3 aliphatic rings. The highest BCUT2D eigenvalue weighted by Gasteiger charge is 2.42. The number of hydrogen-bond donors (Lipinski definition) is 0. The van der Waals surface area contributed by atoms with Crippen molar-refractivity contribution in [3.05, 3.63) is 95.6 Å². The zero-order chi connectivity index (χ0) is 26.8. The molecule has 3 aliphatic heterocycles. The normalized spacial score (nSPS) is 21.6. The van der Waals surface area contributed by atoms with E-state index in [-0.39, 0.29) is 29.5 Å². The van der Waals surface area contributed by atoms with Crippen molar-refractivity contribution < 1.29 is 13.6 Å². The second kappa shape index (κ2) is 11.4. The lowest BCUT2D eigenvalue weighted by molar-refractivity contribution is -0.133. The van der Waals surface area contributed by atoms with E-state index >= 15 is 0 Å². The summed E-state index contributed by atoms with van der Waals surface area (Å²) in [6.07, 6.45) is 2.34. The number of piperazine rings is 1. The summed E-state index contributed by atoms with van der Waals surface area (Å²) in [5.74, 6) is -0.0461. The van der Waals surface area contributed by atoms with Gasteiger partial charge in [0, 0.05) is 75.6 Å². The van der Waals surface area contributed by atoms with Crippen molar-refractivity contribution in [2.24, 2.45) is 0 Å². The van der Waals surface area contributed by atoms with Gasteiger partial charge in [0.2, 0.25) is 5.91 Å². The smallest absolute Gasteiger partial charge is 0.222 e. The van der Waals surface area contributed by atoms with Crippen LogP contribution < -0.4 is 4.90 Å². The summed E-state index contributed by atoms with van der Waals surface area (Å²) in [6, 6.07) is 22.3. The van der Waals surface area contributed by atoms with Crippen molar-refractivity contribution >= 4 is 17.3 Å². The minimum atomic E-state index is -0.257. The number of halogens is 2. The molecule has 5 nitrogen and oxygen atoms in total. The molecule has 0 unspecified atom stereocenters. The topological polar surface area (TPSA) is 30.0 Å². The number of fused-ring (bicyclic) bond motifs is 3. The van der Waals surface area contributed by atoms with Gasteiger partial charge >= 0.3 is 0 Å². The number of likely N-dealkylation sites (tertiary alicyclic amines) is 1. The van der Waals surface area contributed by atoms with Crippen molar-refractivity contribution in [2.75, 3.05) is 50.7 Å². The Morgan fingerprint density at radius 3 is 2.33 bits per heavy atom. The standard InChI is InChI=1S/C32H36F2N4O/c33-25-8-11-27(12-9-25)38-30-13-10-26(34)21-28(30)29-23-35(16-14-31(29)38)15-4-7-32(39)37-19-17-36(18-20-37)22-24-5-2-1-3-6-24/h1-3,5-6,8-13,21,29,31H,4,7,14-20,22-23H2/t29-,31+/m0/s1. The van der Waals surface area contributed by atoms with E-state index in [0.29, 0.717) is 6.42 Å². The number of hydrogen-bond acceptors (Lipinski definition) is 4. The molecule has 0 saturated carbocycles. The molecule has 2 atom stereocenters. The summed E-state index contributed by atoms with van der Waals surface area (Å²) in [5, 5.41) is 0. The zero-order valence-corrected chi connectivity index (χ0v) is 22.3. The van der Waals surface area contributed by atoms with Crippen LogP contribution >= 0.6 is 0 Å². The Morgan fingerprint density at radius 1 is 0.821 bits per heavy atom. The molecule has 0 aliphatic carbocycles. The maximum atomic E-state index is 14.3. The van der Waals surface area contributed by atoms with Gasteiger partial charge in [-0.25, -0.2) is 8.78 Å². The van der Waals surface area contributed by atoms with Crippen LogP contribution in [-0.4, -0.2) is 72.5 Å². The number of amides is 1. The summed E-state index contributed by atoms with van der Waals surface area (Å²) in [6.45, 7) is 6.98. The van der Waals surface area contributed by atoms with Crippen molar-refractivity contribution in [2.45, 2.75) is 37.8 Å². The number of anilines is 2. The molecule has 0 radical (unpaired) electrons. The fourth-order valence-corrected chi connectivity index (χ4v) is 6.59. The van der Waals surface area contributed by atoms with E-state index in [9.17, 15) is 13.6 Å². The van der Waals surface area contributed by atoms with Gasteiger partial charge < -0.3 is 14.7 Å². The maximum Gasteiger partial charge on any atom is 0.222 e. The van der Waals surface area contributed by atoms with E-state index in [4.69, 9.17) is 0 Å². The third-order valence-electron chi connectivity index (χ3n) is 8.58. The number of carbonyl (C=O) groups excluding carboxylic acids is 1. The number of benzene rings is 3. The molecule has 0 aromatic heterocycles. The van der Waals surface area contributed by atoms with E-state index in [1.807, 2.05) is 29.2 Å². The molecule has 204 valence electrons. The highest BCUT2D eigenvalue weighted by Crippen LogP contribution is 2.48. The van der Waals surface area contributed by atoms with Crippen molar-refractivity contribution in [3.8, 4) is 0 Å². The number of nitrogens with zero attached hydrogens (tertiary/aromatic N) is 4. The molecule has 2 fully saturated rings. The van der Waals surface area contributed by atoms with Crippen LogP contribution in [0.4, 0.5) is 20.2 Å². The van der Waals surface area contributed by atoms with E-state index in [2.05, 4.69) is 39.0 Å². The molecule has 6 rings (SSSR count). The highest BCUT2D eigenvalue weighted by atomic mass is 19.1. The first-order valence-electron chi connectivity index (χ1n) is 14.2. The molecule has 2 saturated heterocycles. The molecular weight excluding hydrogens is 494 g/mol. The third-order valence-corrected chi connectivity index (χ3v) is 8.58. The fourth-order valence-electron chi connectivity index (χ4n) is 6.59. The van der Waals surface area contributed by atoms with Crippen LogP contribution in [0.5, 0.6) is 0 Å². The average Bonchev–Trinajstić information content (AvgIpc) is 3.27. The Morgan fingerprint density at radius 2 is 1.56 bits per heavy atom. The van der Waals surface area contributed by atoms with Crippen molar-refractivity contribution in [1.82, 2.24) is 14.7 Å². The van der Waals surface area contributed by atoms with Gasteiger partial charge in [0.05, 0.1) is 0 Å². The lowest BCUT2D eigenvalue weighted by Crippen LogP contribution is -2.48. The Balaban J connectivity index is 1.01. The second-order valence-corrected chi connectivity index (χ2v) is 11.1. The minimum absolute atomic E-state index is 0.183. The SMILES string of the molecule is O=C(CCCN1CC[C@@H]2[C@@H](C1)c1cc(F)ccc1N2c1ccc(F)cc1)N1CCN(Cc2ccccc2)CC1. The lowest BCUT2D eigenvalue weighted by atomic mass is 9.89. The monoisotopic (exact) mass is 530 g/mol. The fraction of sp³-hybridized carbons (Fsp3) is 0.406. The molecule has 3 heterocycles. The highest BCUT2D eigenvalue weighted by molar-refractivity contribution is 5.76. The maximum absolute atomic E-state index is 14.3. The van der Waals surface area contributed by atoms with Gasteiger partial charge in [-0.05, 0) is 73.0 Å². The molecule has 3 aromatic rings. The van der Waals surface area contributed by atoms with Crippen LogP contribution in [0.2, 0.25) is 0 Å². The Kier molecular flexibility index (Phi) is 7.62. The second-order valence-electron chi connectivity index (χ2n) is 11.1. The minimum Gasteiger partial charge on any atom is -0.340 e.